The van der Waals surface area contributed by atoms with E-state index in [-0.39, 0.29) is 23.1 Å². The van der Waals surface area contributed by atoms with Crippen molar-refractivity contribution in [2.45, 2.75) is 32.3 Å². The molecule has 0 atom stereocenters. The molecule has 0 spiro atoms. The summed E-state index contributed by atoms with van der Waals surface area (Å²) in [7, 11) is -3.66. The van der Waals surface area contributed by atoms with E-state index in [0.29, 0.717) is 17.7 Å². The van der Waals surface area contributed by atoms with Gasteiger partial charge in [0.25, 0.3) is 0 Å². The molecule has 0 bridgehead atoms. The van der Waals surface area contributed by atoms with E-state index in [4.69, 9.17) is 9.84 Å². The molecule has 3 heterocycles. The zero-order chi connectivity index (χ0) is 26.5. The van der Waals surface area contributed by atoms with Crippen LogP contribution in [0.25, 0.3) is 28.1 Å². The minimum atomic E-state index is -3.66. The van der Waals surface area contributed by atoms with Gasteiger partial charge in [0.05, 0.1) is 17.1 Å². The number of pyridine rings is 1. The third-order valence-corrected chi connectivity index (χ3v) is 7.86. The Morgan fingerprint density at radius 1 is 1.05 bits per heavy atom. The molecule has 4 aromatic rings. The molecule has 0 unspecified atom stereocenters. The van der Waals surface area contributed by atoms with Crippen molar-refractivity contribution >= 4 is 15.7 Å². The number of nitrogens with zero attached hydrogens (tertiary/aromatic N) is 3. The molecule has 38 heavy (non-hydrogen) atoms. The highest BCUT2D eigenvalue weighted by atomic mass is 32.2. The van der Waals surface area contributed by atoms with Crippen molar-refractivity contribution in [3.63, 3.8) is 0 Å². The van der Waals surface area contributed by atoms with Crippen LogP contribution in [-0.2, 0) is 10.0 Å². The predicted octanol–water partition coefficient (Wildman–Crippen LogP) is 5.02. The number of aromatic nitrogens is 3. The van der Waals surface area contributed by atoms with Gasteiger partial charge in [-0.05, 0) is 74.8 Å². The maximum atomic E-state index is 15.7. The molecule has 2 aromatic heterocycles. The van der Waals surface area contributed by atoms with Crippen molar-refractivity contribution in [2.75, 3.05) is 23.6 Å². The number of piperidine rings is 1. The maximum absolute atomic E-state index is 15.7. The Balaban J connectivity index is 1.51. The second-order valence-electron chi connectivity index (χ2n) is 9.22. The average molecular weight is 536 g/mol. The van der Waals surface area contributed by atoms with E-state index in [1.165, 1.54) is 6.07 Å². The van der Waals surface area contributed by atoms with Crippen molar-refractivity contribution in [1.82, 2.24) is 20.1 Å². The summed E-state index contributed by atoms with van der Waals surface area (Å²) in [5.41, 5.74) is 2.77. The van der Waals surface area contributed by atoms with Crippen LogP contribution in [0.15, 0.2) is 73.2 Å². The fourth-order valence-corrected chi connectivity index (χ4v) is 5.65. The number of ether oxygens (including phenoxy) is 1. The Bertz CT molecular complexity index is 1480. The van der Waals surface area contributed by atoms with Crippen LogP contribution in [0, 0.1) is 5.82 Å². The molecule has 5 rings (SSSR count). The van der Waals surface area contributed by atoms with Crippen molar-refractivity contribution in [3.8, 4) is 33.8 Å². The Morgan fingerprint density at radius 2 is 1.79 bits per heavy atom. The molecule has 0 radical (unpaired) electrons. The van der Waals surface area contributed by atoms with Crippen molar-refractivity contribution in [1.29, 1.82) is 0 Å². The largest absolute Gasteiger partial charge is 0.490 e. The Kier molecular flexibility index (Phi) is 7.71. The smallest absolute Gasteiger partial charge is 0.232 e. The van der Waals surface area contributed by atoms with E-state index in [2.05, 4.69) is 15.0 Å². The van der Waals surface area contributed by atoms with Gasteiger partial charge in [0.2, 0.25) is 10.0 Å². The monoisotopic (exact) mass is 535 g/mol. The second kappa shape index (κ2) is 11.3. The summed E-state index contributed by atoms with van der Waals surface area (Å²) in [6.45, 7) is 3.66. The lowest BCUT2D eigenvalue weighted by atomic mass is 10.0. The van der Waals surface area contributed by atoms with E-state index >= 15 is 4.39 Å². The Hall–Kier alpha value is -3.76. The molecule has 1 aliphatic rings. The average Bonchev–Trinajstić information content (AvgIpc) is 3.36. The lowest BCUT2D eigenvalue weighted by Gasteiger charge is -2.23. The van der Waals surface area contributed by atoms with E-state index < -0.39 is 15.8 Å². The third kappa shape index (κ3) is 5.87. The number of hydrogen-bond donors (Lipinski definition) is 2. The quantitative estimate of drug-likeness (QED) is 0.312. The molecule has 0 aliphatic carbocycles. The fraction of sp³-hybridized carbons (Fsp3) is 0.286. The van der Waals surface area contributed by atoms with Gasteiger partial charge in [0, 0.05) is 35.3 Å². The minimum absolute atomic E-state index is 0.0891. The lowest BCUT2D eigenvalue weighted by molar-refractivity contribution is 0.162. The molecule has 198 valence electrons. The molecule has 10 heteroatoms. The first-order chi connectivity index (χ1) is 18.4. The summed E-state index contributed by atoms with van der Waals surface area (Å²) in [5, 5.41) is 8.12. The molecule has 1 aliphatic heterocycles. The van der Waals surface area contributed by atoms with Crippen molar-refractivity contribution in [2.24, 2.45) is 0 Å². The Morgan fingerprint density at radius 3 is 2.50 bits per heavy atom. The zero-order valence-electron chi connectivity index (χ0n) is 21.1. The van der Waals surface area contributed by atoms with Crippen LogP contribution >= 0.6 is 0 Å². The molecular weight excluding hydrogens is 505 g/mol. The summed E-state index contributed by atoms with van der Waals surface area (Å²) >= 11 is 0. The topological polar surface area (TPSA) is 98.1 Å². The lowest BCUT2D eigenvalue weighted by Crippen LogP contribution is -2.34. The first kappa shape index (κ1) is 25.9. The molecule has 2 N–H and O–H groups in total. The number of rotatable bonds is 9. The van der Waals surface area contributed by atoms with Gasteiger partial charge in [0.1, 0.15) is 17.5 Å². The number of hydrogen-bond acceptors (Lipinski definition) is 6. The van der Waals surface area contributed by atoms with Gasteiger partial charge in [-0.15, -0.1) is 0 Å². The van der Waals surface area contributed by atoms with E-state index in [1.54, 1.807) is 54.5 Å². The summed E-state index contributed by atoms with van der Waals surface area (Å²) in [6.07, 6.45) is 7.62. The molecule has 0 amide bonds. The van der Waals surface area contributed by atoms with E-state index in [0.717, 1.165) is 42.9 Å². The molecule has 1 saturated heterocycles. The van der Waals surface area contributed by atoms with Gasteiger partial charge in [-0.1, -0.05) is 19.1 Å². The summed E-state index contributed by atoms with van der Waals surface area (Å²) in [4.78, 5) is 4.08. The first-order valence-electron chi connectivity index (χ1n) is 12.7. The molecule has 8 nitrogen and oxygen atoms in total. The van der Waals surface area contributed by atoms with Crippen LogP contribution in [0.3, 0.4) is 0 Å². The fourth-order valence-electron chi connectivity index (χ4n) is 4.52. The van der Waals surface area contributed by atoms with Crippen LogP contribution in [0.5, 0.6) is 5.75 Å². The third-order valence-electron chi connectivity index (χ3n) is 6.39. The molecular formula is C28H30FN5O3S. The highest BCUT2D eigenvalue weighted by Gasteiger charge is 2.21. The van der Waals surface area contributed by atoms with Gasteiger partial charge < -0.3 is 10.1 Å². The highest BCUT2D eigenvalue weighted by molar-refractivity contribution is 7.92. The Labute approximate surface area is 221 Å². The van der Waals surface area contributed by atoms with Crippen LogP contribution in [-0.4, -0.2) is 48.1 Å². The van der Waals surface area contributed by atoms with Gasteiger partial charge >= 0.3 is 0 Å². The number of benzene rings is 2. The van der Waals surface area contributed by atoms with Crippen LogP contribution < -0.4 is 14.8 Å². The van der Waals surface area contributed by atoms with Crippen LogP contribution in [0.4, 0.5) is 10.1 Å². The number of anilines is 1. The summed E-state index contributed by atoms with van der Waals surface area (Å²) in [5.74, 6) is 0.0436. The standard InChI is InChI=1S/C28H30FN5O3S/c1-2-18-38(35,36)33-26-5-3-4-24(27(26)29)25-19-34(32-28(25)20-10-14-30-15-11-20)21-6-8-22(9-7-21)37-23-12-16-31-17-13-23/h3-11,14-15,19,23,31,33H,2,12-13,16-18H2,1H3. The SMILES string of the molecule is CCCS(=O)(=O)Nc1cccc(-c2cn(-c3ccc(OC4CCNCC4)cc3)nc2-c2ccncc2)c1F. The normalized spacial score (nSPS) is 14.4. The second-order valence-corrected chi connectivity index (χ2v) is 11.1. The van der Waals surface area contributed by atoms with E-state index in [9.17, 15) is 8.42 Å². The number of nitrogens with one attached hydrogen (secondary N) is 2. The van der Waals surface area contributed by atoms with Crippen LogP contribution in [0.1, 0.15) is 26.2 Å². The minimum Gasteiger partial charge on any atom is -0.490 e. The first-order valence-corrected chi connectivity index (χ1v) is 14.4. The summed E-state index contributed by atoms with van der Waals surface area (Å²) < 4.78 is 50.5. The molecule has 1 fully saturated rings. The molecule has 0 saturated carbocycles. The van der Waals surface area contributed by atoms with Crippen molar-refractivity contribution < 1.29 is 17.5 Å². The zero-order valence-corrected chi connectivity index (χ0v) is 21.9. The maximum Gasteiger partial charge on any atom is 0.232 e. The van der Waals surface area contributed by atoms with E-state index in [1.807, 2.05) is 24.3 Å². The van der Waals surface area contributed by atoms with Gasteiger partial charge in [-0.2, -0.15) is 5.10 Å². The summed E-state index contributed by atoms with van der Waals surface area (Å²) in [6, 6.07) is 15.9. The van der Waals surface area contributed by atoms with Crippen molar-refractivity contribution in [3.05, 3.63) is 79.0 Å². The number of sulfonamides is 1. The number of halogens is 1. The predicted molar refractivity (Wildman–Crippen MR) is 146 cm³/mol. The van der Waals surface area contributed by atoms with Crippen LogP contribution in [0.2, 0.25) is 0 Å². The van der Waals surface area contributed by atoms with Gasteiger partial charge in [0.15, 0.2) is 5.82 Å². The molecule has 2 aromatic carbocycles. The van der Waals surface area contributed by atoms with Gasteiger partial charge in [-0.3, -0.25) is 9.71 Å². The van der Waals surface area contributed by atoms with Gasteiger partial charge in [-0.25, -0.2) is 17.5 Å². The highest BCUT2D eigenvalue weighted by Crippen LogP contribution is 2.36.